The summed E-state index contributed by atoms with van der Waals surface area (Å²) in [5.74, 6) is -1.06. The quantitative estimate of drug-likeness (QED) is 0.357. The highest BCUT2D eigenvalue weighted by molar-refractivity contribution is 5.66. The topological polar surface area (TPSA) is 132 Å². The third-order valence-electron chi connectivity index (χ3n) is 5.24. The number of nitrogens with one attached hydrogen (secondary N) is 1. The number of carboxylic acid groups (broad SMARTS) is 1. The summed E-state index contributed by atoms with van der Waals surface area (Å²) >= 11 is 0. The zero-order chi connectivity index (χ0) is 26.4. The number of ether oxygens (including phenoxy) is 1. The summed E-state index contributed by atoms with van der Waals surface area (Å²) in [7, 11) is 0. The average Bonchev–Trinajstić information content (AvgIpc) is 2.89. The second kappa shape index (κ2) is 11.2. The van der Waals surface area contributed by atoms with E-state index < -0.39 is 36.3 Å². The third-order valence-corrected chi connectivity index (χ3v) is 5.24. The molecule has 0 atom stereocenters. The lowest BCUT2D eigenvalue weighted by Gasteiger charge is -2.11. The molecule has 0 fully saturated rings. The number of H-pyrrole nitrogens is 1. The van der Waals surface area contributed by atoms with Gasteiger partial charge in [0, 0.05) is 12.6 Å². The minimum atomic E-state index is -1.16. The van der Waals surface area contributed by atoms with Gasteiger partial charge in [-0.15, -0.1) is 0 Å². The van der Waals surface area contributed by atoms with Crippen LogP contribution in [0.25, 0.3) is 0 Å². The fraction of sp³-hybridized carbons (Fsp3) is 0.160. The molecule has 37 heavy (non-hydrogen) atoms. The Morgan fingerprint density at radius 2 is 1.70 bits per heavy atom. The Morgan fingerprint density at radius 1 is 1.00 bits per heavy atom. The van der Waals surface area contributed by atoms with Crippen LogP contribution in [0.4, 0.5) is 14.5 Å². The number of aromatic amines is 1. The molecule has 2 aromatic heterocycles. The van der Waals surface area contributed by atoms with Crippen LogP contribution in [0.2, 0.25) is 0 Å². The predicted octanol–water partition coefficient (Wildman–Crippen LogP) is 2.89. The first kappa shape index (κ1) is 25.2. The lowest BCUT2D eigenvalue weighted by molar-refractivity contribution is -0.137. The van der Waals surface area contributed by atoms with Crippen LogP contribution in [0.3, 0.4) is 0 Å². The van der Waals surface area contributed by atoms with Crippen molar-refractivity contribution in [3.05, 3.63) is 110 Å². The van der Waals surface area contributed by atoms with Crippen LogP contribution < -0.4 is 21.7 Å². The third kappa shape index (κ3) is 6.42. The van der Waals surface area contributed by atoms with Crippen LogP contribution in [-0.4, -0.2) is 30.2 Å². The largest absolute Gasteiger partial charge is 0.481 e. The Kier molecular flexibility index (Phi) is 7.67. The molecule has 0 aliphatic rings. The number of benzene rings is 2. The molecule has 0 saturated heterocycles. The summed E-state index contributed by atoms with van der Waals surface area (Å²) in [5, 5.41) is 8.97. The first-order valence-corrected chi connectivity index (χ1v) is 11.1. The molecule has 0 aliphatic carbocycles. The Bertz CT molecular complexity index is 1580. The maximum Gasteiger partial charge on any atom is 0.335 e. The van der Waals surface area contributed by atoms with Gasteiger partial charge in [0.25, 0.3) is 0 Å². The van der Waals surface area contributed by atoms with E-state index in [0.717, 1.165) is 10.8 Å². The van der Waals surface area contributed by atoms with Gasteiger partial charge in [-0.2, -0.15) is 0 Å². The number of hydrogen-bond acceptors (Lipinski definition) is 6. The van der Waals surface area contributed by atoms with E-state index in [-0.39, 0.29) is 24.6 Å². The Labute approximate surface area is 207 Å². The van der Waals surface area contributed by atoms with Crippen LogP contribution in [0.5, 0.6) is 11.6 Å². The van der Waals surface area contributed by atoms with E-state index in [1.165, 1.54) is 16.7 Å². The standard InChI is InChI=1S/C25H21F2N5O5/c26-13-16-1-3-17(4-2-16)15-32-23(30-24(35)31(25(32)36)12-11-22(33)34)29-19-6-8-20(9-7-19)37-21-10-5-18(27)14-28-21/h1-10,14H,11-13,15H2,(H,33,34)(H,29,30,35). The minimum absolute atomic E-state index is 0.00842. The van der Waals surface area contributed by atoms with Gasteiger partial charge in [0.1, 0.15) is 18.2 Å². The predicted molar refractivity (Wildman–Crippen MR) is 128 cm³/mol. The number of rotatable bonds is 9. The molecule has 10 nitrogen and oxygen atoms in total. The van der Waals surface area contributed by atoms with E-state index in [0.29, 0.717) is 22.6 Å². The van der Waals surface area contributed by atoms with Gasteiger partial charge >= 0.3 is 17.3 Å². The van der Waals surface area contributed by atoms with E-state index in [4.69, 9.17) is 9.84 Å². The van der Waals surface area contributed by atoms with Crippen molar-refractivity contribution in [2.75, 3.05) is 0 Å². The monoisotopic (exact) mass is 509 g/mol. The van der Waals surface area contributed by atoms with E-state index >= 15 is 0 Å². The molecule has 2 N–H and O–H groups in total. The van der Waals surface area contributed by atoms with Gasteiger partial charge in [-0.1, -0.05) is 24.3 Å². The maximum absolute atomic E-state index is 13.2. The molecule has 2 aromatic carbocycles. The molecule has 0 saturated carbocycles. The second-order valence-electron chi connectivity index (χ2n) is 7.89. The highest BCUT2D eigenvalue weighted by atomic mass is 19.1. The Morgan fingerprint density at radius 3 is 2.32 bits per heavy atom. The van der Waals surface area contributed by atoms with Crippen molar-refractivity contribution >= 4 is 11.7 Å². The zero-order valence-electron chi connectivity index (χ0n) is 19.3. The fourth-order valence-corrected chi connectivity index (χ4v) is 3.36. The van der Waals surface area contributed by atoms with Gasteiger partial charge in [-0.05, 0) is 41.5 Å². The number of halogens is 2. The summed E-state index contributed by atoms with van der Waals surface area (Å²) < 4.78 is 33.4. The summed E-state index contributed by atoms with van der Waals surface area (Å²) in [4.78, 5) is 47.5. The van der Waals surface area contributed by atoms with Crippen molar-refractivity contribution in [3.63, 3.8) is 0 Å². The number of pyridine rings is 1. The van der Waals surface area contributed by atoms with Gasteiger partial charge in [-0.3, -0.25) is 14.3 Å². The molecule has 0 aliphatic heterocycles. The molecule has 2 heterocycles. The van der Waals surface area contributed by atoms with Crippen LogP contribution in [0.1, 0.15) is 17.5 Å². The van der Waals surface area contributed by atoms with Crippen molar-refractivity contribution in [1.82, 2.24) is 19.1 Å². The van der Waals surface area contributed by atoms with E-state index in [9.17, 15) is 23.2 Å². The van der Waals surface area contributed by atoms with Crippen molar-refractivity contribution in [2.45, 2.75) is 26.2 Å². The highest BCUT2D eigenvalue weighted by Gasteiger charge is 2.11. The van der Waals surface area contributed by atoms with Gasteiger partial charge < -0.3 is 9.84 Å². The SMILES string of the molecule is O=C(O)CCn1c(=O)[nH]/c(=N\c2ccc(Oc3ccc(F)cn3)cc2)n(Cc2ccc(CF)cc2)c1=O. The number of carboxylic acids is 1. The van der Waals surface area contributed by atoms with Gasteiger partial charge in [-0.25, -0.2) is 32.9 Å². The van der Waals surface area contributed by atoms with Crippen LogP contribution >= 0.6 is 0 Å². The highest BCUT2D eigenvalue weighted by Crippen LogP contribution is 2.22. The number of nitrogens with zero attached hydrogens (tertiary/aromatic N) is 4. The smallest absolute Gasteiger partial charge is 0.335 e. The Balaban J connectivity index is 1.71. The molecule has 0 amide bonds. The van der Waals surface area contributed by atoms with Gasteiger partial charge in [0.2, 0.25) is 11.5 Å². The lowest BCUT2D eigenvalue weighted by Crippen LogP contribution is -2.50. The Hall–Kier alpha value is -4.87. The first-order chi connectivity index (χ1) is 17.8. The summed E-state index contributed by atoms with van der Waals surface area (Å²) in [6.07, 6.45) is 0.604. The fourth-order valence-electron chi connectivity index (χ4n) is 3.36. The molecular weight excluding hydrogens is 488 g/mol. The molecule has 0 spiro atoms. The number of carbonyl (C=O) groups is 1. The second-order valence-corrected chi connectivity index (χ2v) is 7.89. The van der Waals surface area contributed by atoms with Gasteiger partial charge in [0.05, 0.1) is 24.8 Å². The van der Waals surface area contributed by atoms with E-state index in [1.807, 2.05) is 0 Å². The van der Waals surface area contributed by atoms with Crippen molar-refractivity contribution < 1.29 is 23.4 Å². The normalized spacial score (nSPS) is 11.5. The molecule has 0 unspecified atom stereocenters. The van der Waals surface area contributed by atoms with Crippen LogP contribution in [0, 0.1) is 5.82 Å². The van der Waals surface area contributed by atoms with Crippen molar-refractivity contribution in [3.8, 4) is 11.6 Å². The molecular formula is C25H21F2N5O5. The molecule has 4 aromatic rings. The maximum atomic E-state index is 13.2. The first-order valence-electron chi connectivity index (χ1n) is 11.1. The number of alkyl halides is 1. The molecule has 0 bridgehead atoms. The molecule has 0 radical (unpaired) electrons. The molecule has 12 heteroatoms. The summed E-state index contributed by atoms with van der Waals surface area (Å²) in [5.41, 5.74) is -0.137. The van der Waals surface area contributed by atoms with Crippen LogP contribution in [-0.2, 0) is 24.6 Å². The summed E-state index contributed by atoms with van der Waals surface area (Å²) in [6.45, 7) is -0.967. The van der Waals surface area contributed by atoms with E-state index in [2.05, 4.69) is 15.0 Å². The average molecular weight is 509 g/mol. The molecule has 4 rings (SSSR count). The van der Waals surface area contributed by atoms with Crippen molar-refractivity contribution in [1.29, 1.82) is 0 Å². The van der Waals surface area contributed by atoms with Gasteiger partial charge in [0.15, 0.2) is 0 Å². The van der Waals surface area contributed by atoms with Crippen molar-refractivity contribution in [2.24, 2.45) is 4.99 Å². The number of aromatic nitrogens is 4. The van der Waals surface area contributed by atoms with Crippen LogP contribution in [0.15, 0.2) is 81.4 Å². The number of aliphatic carboxylic acids is 1. The van der Waals surface area contributed by atoms with E-state index in [1.54, 1.807) is 48.5 Å². The lowest BCUT2D eigenvalue weighted by atomic mass is 10.1. The zero-order valence-corrected chi connectivity index (χ0v) is 19.3. The minimum Gasteiger partial charge on any atom is -0.481 e. The number of hydrogen-bond donors (Lipinski definition) is 2. The summed E-state index contributed by atoms with van der Waals surface area (Å²) in [6, 6.07) is 15.4. The molecule has 190 valence electrons.